The number of benzene rings is 9. The Labute approximate surface area is 366 Å². The summed E-state index contributed by atoms with van der Waals surface area (Å²) in [5.41, 5.74) is 21.7. The van der Waals surface area contributed by atoms with E-state index in [0.717, 1.165) is 34.1 Å². The molecular weight excluding hydrogens is 749 g/mol. The van der Waals surface area contributed by atoms with Crippen LogP contribution in [-0.2, 0) is 10.8 Å². The van der Waals surface area contributed by atoms with Crippen molar-refractivity contribution in [3.05, 3.63) is 263 Å². The van der Waals surface area contributed by atoms with E-state index in [9.17, 15) is 0 Å². The van der Waals surface area contributed by atoms with E-state index in [-0.39, 0.29) is 5.41 Å². The number of hydrogen-bond acceptors (Lipinski definition) is 2. The molecule has 0 fully saturated rings. The molecule has 11 rings (SSSR count). The highest BCUT2D eigenvalue weighted by Gasteiger charge is 2.52. The highest BCUT2D eigenvalue weighted by molar-refractivity contribution is 5.95. The molecule has 0 radical (unpaired) electrons. The van der Waals surface area contributed by atoms with Crippen LogP contribution in [0.2, 0.25) is 0 Å². The van der Waals surface area contributed by atoms with E-state index < -0.39 is 5.41 Å². The molecule has 0 N–H and O–H groups in total. The molecule has 298 valence electrons. The fourth-order valence-electron chi connectivity index (χ4n) is 10.7. The van der Waals surface area contributed by atoms with Crippen LogP contribution in [0.5, 0.6) is 0 Å². The van der Waals surface area contributed by atoms with Gasteiger partial charge < -0.3 is 9.80 Å². The van der Waals surface area contributed by atoms with E-state index >= 15 is 0 Å². The summed E-state index contributed by atoms with van der Waals surface area (Å²) in [6.45, 7) is 9.34. The normalized spacial score (nSPS) is 13.7. The molecule has 0 spiro atoms. The maximum absolute atomic E-state index is 2.46. The van der Waals surface area contributed by atoms with Gasteiger partial charge in [0, 0.05) is 39.5 Å². The second-order valence-electron chi connectivity index (χ2n) is 17.5. The minimum atomic E-state index is -0.623. The molecular formula is C60H48N2. The number of fused-ring (bicyclic) bond motifs is 7. The fourth-order valence-corrected chi connectivity index (χ4v) is 10.7. The molecule has 0 amide bonds. The summed E-state index contributed by atoms with van der Waals surface area (Å²) in [5, 5.41) is 0. The van der Waals surface area contributed by atoms with Crippen LogP contribution in [0.3, 0.4) is 0 Å². The van der Waals surface area contributed by atoms with Gasteiger partial charge in [-0.15, -0.1) is 0 Å². The van der Waals surface area contributed by atoms with E-state index in [4.69, 9.17) is 0 Å². The van der Waals surface area contributed by atoms with Crippen LogP contribution in [-0.4, -0.2) is 0 Å². The minimum Gasteiger partial charge on any atom is -0.311 e. The maximum Gasteiger partial charge on any atom is 0.0716 e. The Morgan fingerprint density at radius 2 is 0.629 bits per heavy atom. The molecule has 2 aliphatic rings. The third kappa shape index (κ3) is 5.78. The molecule has 9 aromatic carbocycles. The van der Waals surface area contributed by atoms with Crippen LogP contribution in [0, 0.1) is 13.8 Å². The van der Waals surface area contributed by atoms with Crippen molar-refractivity contribution in [2.45, 2.75) is 38.5 Å². The van der Waals surface area contributed by atoms with E-state index in [1.54, 1.807) is 0 Å². The number of hydrogen-bond donors (Lipinski definition) is 0. The number of rotatable bonds is 8. The topological polar surface area (TPSA) is 6.48 Å². The van der Waals surface area contributed by atoms with Crippen LogP contribution >= 0.6 is 0 Å². The summed E-state index contributed by atoms with van der Waals surface area (Å²) in [5.74, 6) is 0. The van der Waals surface area contributed by atoms with E-state index in [2.05, 4.69) is 256 Å². The first kappa shape index (κ1) is 37.6. The first-order valence-corrected chi connectivity index (χ1v) is 21.8. The summed E-state index contributed by atoms with van der Waals surface area (Å²) >= 11 is 0. The van der Waals surface area contributed by atoms with Crippen molar-refractivity contribution in [1.82, 2.24) is 0 Å². The van der Waals surface area contributed by atoms with Gasteiger partial charge in [0.25, 0.3) is 0 Å². The van der Waals surface area contributed by atoms with E-state index in [1.165, 1.54) is 66.8 Å². The zero-order valence-corrected chi connectivity index (χ0v) is 35.7. The summed E-state index contributed by atoms with van der Waals surface area (Å²) < 4.78 is 0. The largest absolute Gasteiger partial charge is 0.311 e. The minimum absolute atomic E-state index is 0.237. The van der Waals surface area contributed by atoms with Gasteiger partial charge in [-0.25, -0.2) is 0 Å². The van der Waals surface area contributed by atoms with Gasteiger partial charge in [-0.2, -0.15) is 0 Å². The molecule has 2 aliphatic carbocycles. The first-order chi connectivity index (χ1) is 30.3. The molecule has 9 aromatic rings. The lowest BCUT2D eigenvalue weighted by Crippen LogP contribution is -2.32. The van der Waals surface area contributed by atoms with Gasteiger partial charge in [0.15, 0.2) is 0 Å². The number of nitrogens with zero attached hydrogens (tertiary/aromatic N) is 2. The Morgan fingerprint density at radius 3 is 1.03 bits per heavy atom. The average Bonchev–Trinajstić information content (AvgIpc) is 3.73. The lowest BCUT2D eigenvalue weighted by molar-refractivity contribution is 0.633. The van der Waals surface area contributed by atoms with E-state index in [1.807, 2.05) is 0 Å². The third-order valence-electron chi connectivity index (χ3n) is 13.4. The van der Waals surface area contributed by atoms with Gasteiger partial charge >= 0.3 is 0 Å². The van der Waals surface area contributed by atoms with Crippen molar-refractivity contribution in [3.63, 3.8) is 0 Å². The van der Waals surface area contributed by atoms with Gasteiger partial charge in [0.2, 0.25) is 0 Å². The number of anilines is 6. The molecule has 2 heteroatoms. The quantitative estimate of drug-likeness (QED) is 0.151. The first-order valence-electron chi connectivity index (χ1n) is 21.8. The van der Waals surface area contributed by atoms with Gasteiger partial charge in [0.1, 0.15) is 0 Å². The smallest absolute Gasteiger partial charge is 0.0716 e. The molecule has 62 heavy (non-hydrogen) atoms. The van der Waals surface area contributed by atoms with E-state index in [0.29, 0.717) is 0 Å². The SMILES string of the molecule is Cc1ccc2c(c1)C(C)(C)c1c-2ccc2c1C(c1ccc(N(c3ccccc3)c3ccccc3)cc1)(c1ccc(N(c3ccccc3)c3ccccc3)cc1)c1cc(C)ccc1-2. The summed E-state index contributed by atoms with van der Waals surface area (Å²) in [7, 11) is 0. The molecule has 0 aliphatic heterocycles. The second kappa shape index (κ2) is 14.6. The van der Waals surface area contributed by atoms with Crippen LogP contribution < -0.4 is 9.80 Å². The number of aryl methyl sites for hydroxylation is 2. The standard InChI is InChI=1S/C60H48N2/c1-41-25-35-51-53-37-38-54-52-36-26-42(2)40-56(52)60(58(54)57(53)59(3,4)55(51)39-41,43-27-31-49(32-28-43)61(45-17-9-5-10-18-45)46-19-11-6-12-20-46)44-29-33-50(34-30-44)62(47-21-13-7-14-22-47)48-23-15-8-16-24-48/h5-40H,1-4H3. The van der Waals surface area contributed by atoms with Crippen molar-refractivity contribution in [3.8, 4) is 22.3 Å². The Balaban J connectivity index is 1.18. The van der Waals surface area contributed by atoms with Crippen molar-refractivity contribution >= 4 is 34.1 Å². The Bertz CT molecular complexity index is 2870. The molecule has 0 atom stereocenters. The molecule has 0 aromatic heterocycles. The second-order valence-corrected chi connectivity index (χ2v) is 17.5. The predicted octanol–water partition coefficient (Wildman–Crippen LogP) is 15.9. The van der Waals surface area contributed by atoms with Crippen LogP contribution in [0.25, 0.3) is 22.3 Å². The zero-order valence-electron chi connectivity index (χ0n) is 35.7. The molecule has 2 nitrogen and oxygen atoms in total. The maximum atomic E-state index is 2.46. The zero-order chi connectivity index (χ0) is 42.0. The Morgan fingerprint density at radius 1 is 0.306 bits per heavy atom. The van der Waals surface area contributed by atoms with Crippen LogP contribution in [0.4, 0.5) is 34.1 Å². The highest BCUT2D eigenvalue weighted by Crippen LogP contribution is 2.63. The highest BCUT2D eigenvalue weighted by atomic mass is 15.1. The summed E-state index contributed by atoms with van der Waals surface area (Å²) in [6, 6.07) is 80.7. The molecule has 0 unspecified atom stereocenters. The van der Waals surface area contributed by atoms with Gasteiger partial charge in [-0.1, -0.05) is 171 Å². The number of para-hydroxylation sites is 4. The van der Waals surface area contributed by atoms with Gasteiger partial charge in [0.05, 0.1) is 5.41 Å². The molecule has 0 saturated carbocycles. The summed E-state index contributed by atoms with van der Waals surface area (Å²) in [6.07, 6.45) is 0. The molecule has 0 saturated heterocycles. The van der Waals surface area contributed by atoms with Crippen LogP contribution in [0.15, 0.2) is 218 Å². The molecule has 0 bridgehead atoms. The third-order valence-corrected chi connectivity index (χ3v) is 13.4. The van der Waals surface area contributed by atoms with Gasteiger partial charge in [-0.05, 0) is 142 Å². The van der Waals surface area contributed by atoms with Gasteiger partial charge in [-0.3, -0.25) is 0 Å². The van der Waals surface area contributed by atoms with Crippen molar-refractivity contribution in [1.29, 1.82) is 0 Å². The fraction of sp³-hybridized carbons (Fsp3) is 0.100. The van der Waals surface area contributed by atoms with Crippen molar-refractivity contribution in [2.75, 3.05) is 9.80 Å². The lowest BCUT2D eigenvalue weighted by atomic mass is 9.63. The molecule has 0 heterocycles. The predicted molar refractivity (Wildman–Crippen MR) is 260 cm³/mol. The Kier molecular flexibility index (Phi) is 8.87. The average molecular weight is 797 g/mol. The van der Waals surface area contributed by atoms with Crippen molar-refractivity contribution in [2.24, 2.45) is 0 Å². The monoisotopic (exact) mass is 796 g/mol. The van der Waals surface area contributed by atoms with Crippen LogP contribution in [0.1, 0.15) is 58.4 Å². The lowest BCUT2D eigenvalue weighted by Gasteiger charge is -2.38. The summed E-state index contributed by atoms with van der Waals surface area (Å²) in [4.78, 5) is 4.71. The Hall–Kier alpha value is -7.42. The van der Waals surface area contributed by atoms with Crippen molar-refractivity contribution < 1.29 is 0 Å².